The van der Waals surface area contributed by atoms with Crippen molar-refractivity contribution in [2.24, 2.45) is 22.2 Å². The summed E-state index contributed by atoms with van der Waals surface area (Å²) in [7, 11) is 7.27. The highest BCUT2D eigenvalue weighted by atomic mass is 19.1. The number of carbonyl (C=O) groups excluding carboxylic acids is 1. The molecule has 1 amide bonds. The molecule has 0 radical (unpaired) electrons. The van der Waals surface area contributed by atoms with Crippen LogP contribution in [-0.2, 0) is 43.4 Å². The Morgan fingerprint density at radius 1 is 0.857 bits per heavy atom. The van der Waals surface area contributed by atoms with E-state index in [0.29, 0.717) is 128 Å². The highest BCUT2D eigenvalue weighted by Gasteiger charge is 2.52. The highest BCUT2D eigenvalue weighted by molar-refractivity contribution is 5.94. The van der Waals surface area contributed by atoms with E-state index in [4.69, 9.17) is 43.5 Å². The van der Waals surface area contributed by atoms with Gasteiger partial charge in [-0.25, -0.2) is 28.2 Å². The Kier molecular flexibility index (Phi) is 14.2. The number of aliphatic carboxylic acids is 1. The number of rotatable bonds is 19. The van der Waals surface area contributed by atoms with Crippen LogP contribution in [0, 0.1) is 39.8 Å². The van der Waals surface area contributed by atoms with Gasteiger partial charge in [0.2, 0.25) is 6.33 Å². The number of aromatic nitrogens is 10. The Labute approximate surface area is 485 Å². The number of anilines is 2. The number of hydrogen-bond acceptors (Lipinski definition) is 16. The molecule has 442 valence electrons. The van der Waals surface area contributed by atoms with Crippen LogP contribution in [0.4, 0.5) is 15.8 Å². The van der Waals surface area contributed by atoms with Crippen molar-refractivity contribution in [1.29, 1.82) is 0 Å². The zero-order valence-corrected chi connectivity index (χ0v) is 48.5. The van der Waals surface area contributed by atoms with Gasteiger partial charge >= 0.3 is 5.97 Å². The molecule has 13 rings (SSSR count). The van der Waals surface area contributed by atoms with Gasteiger partial charge in [0, 0.05) is 94.2 Å². The van der Waals surface area contributed by atoms with Crippen LogP contribution >= 0.6 is 0 Å². The minimum absolute atomic E-state index is 0.0218. The molecule has 7 aliphatic rings. The predicted octanol–water partition coefficient (Wildman–Crippen LogP) is 4.55. The maximum atomic E-state index is 16.6. The number of pyridine rings is 2. The van der Waals surface area contributed by atoms with E-state index in [1.165, 1.54) is 15.8 Å². The monoisotopic (exact) mass is 1150 g/mol. The number of carboxylic acids is 1. The van der Waals surface area contributed by atoms with Crippen LogP contribution < -0.4 is 28.5 Å². The van der Waals surface area contributed by atoms with E-state index < -0.39 is 24.7 Å². The largest absolute Gasteiger partial charge is 0.485 e. The molecule has 6 aromatic rings. The van der Waals surface area contributed by atoms with Crippen molar-refractivity contribution in [2.45, 2.75) is 116 Å². The standard InChI is InChI=1S/C60H71FN13O10/c1-58(2)31-79-53(80-32-58)26-69-24-47(39-16-40(61)44(17-43(39)67(4)5)70-28-59(3,29-70)30-75)73(35-69)45-18-48(45)83-51-15-38(57(78)68(6)7)21-63-56(51)42-23-72(27-54-81-33-60(12-13-60)34-82-54)74(65-42)46-19-49(46)84-50-14-37(11-10-36-8-9-36)20-62-55(50)41-22-71(66-64-41)25-52(76)77/h14-17,20-24,35-36,45-46,48-49,53-54,75H,8-9,12-13,18-19,25-34H2,1-7H3/q+1/p+1. The number of aliphatic hydroxyl groups is 1. The number of aliphatic hydroxyl groups excluding tert-OH is 1. The molecule has 4 aliphatic carbocycles. The van der Waals surface area contributed by atoms with Crippen LogP contribution in [0.25, 0.3) is 34.0 Å². The van der Waals surface area contributed by atoms with Crippen LogP contribution in [0.2, 0.25) is 0 Å². The predicted molar refractivity (Wildman–Crippen MR) is 299 cm³/mol. The van der Waals surface area contributed by atoms with Gasteiger partial charge in [-0.15, -0.1) is 5.10 Å². The molecule has 84 heavy (non-hydrogen) atoms. The average Bonchev–Trinajstić information content (AvgIpc) is 2.76. The molecule has 1 spiro atoms. The molecule has 24 heteroatoms. The molecule has 8 heterocycles. The molecule has 5 aromatic heterocycles. The second-order valence-electron chi connectivity index (χ2n) is 25.6. The van der Waals surface area contributed by atoms with Crippen molar-refractivity contribution in [3.63, 3.8) is 0 Å². The Hall–Kier alpha value is -7.56. The van der Waals surface area contributed by atoms with E-state index in [9.17, 15) is 19.8 Å². The number of carbonyl (C=O) groups is 2. The number of carboxylic acid groups (broad SMARTS) is 1. The third-order valence-corrected chi connectivity index (χ3v) is 16.7. The summed E-state index contributed by atoms with van der Waals surface area (Å²) >= 11 is 0. The summed E-state index contributed by atoms with van der Waals surface area (Å²) < 4.78 is 62.8. The highest BCUT2D eigenvalue weighted by Crippen LogP contribution is 2.49. The van der Waals surface area contributed by atoms with Crippen LogP contribution in [0.1, 0.15) is 87.3 Å². The number of benzene rings is 1. The van der Waals surface area contributed by atoms with Crippen molar-refractivity contribution in [3.05, 3.63) is 78.5 Å². The molecular formula is C60H72FN13O10+2. The summed E-state index contributed by atoms with van der Waals surface area (Å²) in [6.07, 6.45) is 14.2. The van der Waals surface area contributed by atoms with Gasteiger partial charge in [0.05, 0.1) is 66.8 Å². The van der Waals surface area contributed by atoms with Crippen LogP contribution in [0.5, 0.6) is 11.5 Å². The van der Waals surface area contributed by atoms with E-state index >= 15 is 4.39 Å². The third kappa shape index (κ3) is 11.7. The van der Waals surface area contributed by atoms with Gasteiger partial charge in [-0.1, -0.05) is 37.8 Å². The fraction of sp³-hybridized carbons (Fsp3) is 0.550. The Bertz CT molecular complexity index is 3570. The summed E-state index contributed by atoms with van der Waals surface area (Å²) in [6.45, 7) is 9.95. The summed E-state index contributed by atoms with van der Waals surface area (Å²) in [5.74, 6) is 6.01. The number of ether oxygens (including phenoxy) is 6. The van der Waals surface area contributed by atoms with Gasteiger partial charge in [0.15, 0.2) is 48.5 Å². The lowest BCUT2D eigenvalue weighted by molar-refractivity contribution is -0.791. The molecule has 7 fully saturated rings. The zero-order valence-electron chi connectivity index (χ0n) is 48.5. The minimum atomic E-state index is -1.05. The topological polar surface area (TPSA) is 227 Å². The molecule has 4 saturated carbocycles. The maximum Gasteiger partial charge on any atom is 0.325 e. The number of amides is 1. The lowest BCUT2D eigenvalue weighted by atomic mass is 9.82. The van der Waals surface area contributed by atoms with Crippen molar-refractivity contribution >= 4 is 23.3 Å². The van der Waals surface area contributed by atoms with E-state index in [1.54, 1.807) is 38.6 Å². The molecule has 0 bridgehead atoms. The van der Waals surface area contributed by atoms with Gasteiger partial charge < -0.3 is 53.3 Å². The number of imidazole rings is 1. The van der Waals surface area contributed by atoms with Crippen LogP contribution in [-0.4, -0.2) is 166 Å². The Balaban J connectivity index is 0.826. The van der Waals surface area contributed by atoms with Crippen molar-refractivity contribution in [3.8, 4) is 57.4 Å². The quantitative estimate of drug-likeness (QED) is 0.0838. The van der Waals surface area contributed by atoms with E-state index in [0.717, 1.165) is 37.1 Å². The fourth-order valence-corrected chi connectivity index (χ4v) is 11.2. The van der Waals surface area contributed by atoms with Gasteiger partial charge in [-0.2, -0.15) is 4.68 Å². The van der Waals surface area contributed by atoms with Gasteiger partial charge in [0.25, 0.3) is 11.6 Å². The SMILES string of the molecule is CN(C)C(=O)c1cnc(-c2c[n+](CC3OCC4(CC4)CO3)n(C3CC3Oc3cc(C#CC4CC4)cnc3-c3cn(CC(=O)O)nn3)n2)c(OC2CC2n2c[n+](CC3OCC(C)(C)CO3)cc2-c2cc(F)c(N3CC(C)(CO)C3)cc2N(C)C)c1. The average molecular weight is 1150 g/mol. The first-order valence-electron chi connectivity index (χ1n) is 28.9. The van der Waals surface area contributed by atoms with Crippen LogP contribution in [0.15, 0.2) is 61.6 Å². The fourth-order valence-electron chi connectivity index (χ4n) is 11.2. The van der Waals surface area contributed by atoms with Gasteiger partial charge in [-0.05, 0) is 54.7 Å². The molecule has 2 N–H and O–H groups in total. The van der Waals surface area contributed by atoms with Gasteiger partial charge in [-0.3, -0.25) is 9.59 Å². The second kappa shape index (κ2) is 21.5. The summed E-state index contributed by atoms with van der Waals surface area (Å²) in [4.78, 5) is 42.2. The molecule has 4 unspecified atom stereocenters. The van der Waals surface area contributed by atoms with E-state index in [2.05, 4.69) is 40.6 Å². The molecule has 1 aromatic carbocycles. The summed E-state index contributed by atoms with van der Waals surface area (Å²) in [5, 5.41) is 33.0. The number of halogens is 1. The minimum Gasteiger partial charge on any atom is -0.485 e. The first-order valence-corrected chi connectivity index (χ1v) is 28.9. The third-order valence-electron chi connectivity index (χ3n) is 16.7. The Morgan fingerprint density at radius 2 is 1.54 bits per heavy atom. The van der Waals surface area contributed by atoms with E-state index in [1.807, 2.05) is 75.7 Å². The summed E-state index contributed by atoms with van der Waals surface area (Å²) in [5.41, 5.74) is 5.06. The lowest BCUT2D eigenvalue weighted by Crippen LogP contribution is -2.57. The smallest absolute Gasteiger partial charge is 0.325 e. The lowest BCUT2D eigenvalue weighted by Gasteiger charge is -2.48. The van der Waals surface area contributed by atoms with Crippen molar-refractivity contribution in [1.82, 2.24) is 44.3 Å². The Morgan fingerprint density at radius 3 is 2.23 bits per heavy atom. The first kappa shape index (κ1) is 55.6. The first-order chi connectivity index (χ1) is 40.3. The summed E-state index contributed by atoms with van der Waals surface area (Å²) in [6, 6.07) is 6.54. The normalized spacial score (nSPS) is 22.9. The molecule has 3 aliphatic heterocycles. The zero-order chi connectivity index (χ0) is 58.4. The number of nitrogens with zero attached hydrogens (tertiary/aromatic N) is 13. The molecule has 4 atom stereocenters. The number of hydrogen-bond donors (Lipinski definition) is 2. The van der Waals surface area contributed by atoms with E-state index in [-0.39, 0.29) is 59.3 Å². The molecule has 3 saturated heterocycles. The van der Waals surface area contributed by atoms with Crippen molar-refractivity contribution < 1.29 is 61.9 Å². The van der Waals surface area contributed by atoms with Gasteiger partial charge in [0.1, 0.15) is 60.5 Å². The molecule has 23 nitrogen and oxygen atoms in total. The second-order valence-corrected chi connectivity index (χ2v) is 25.6. The molecular weight excluding hydrogens is 1080 g/mol. The van der Waals surface area contributed by atoms with Crippen molar-refractivity contribution in [2.75, 3.05) is 84.1 Å². The van der Waals surface area contributed by atoms with Crippen LogP contribution in [0.3, 0.4) is 0 Å². The maximum absolute atomic E-state index is 16.6.